The molecule has 2 heterocycles. The molecule has 2 aromatic rings. The number of aliphatic hydroxyl groups is 1. The van der Waals surface area contributed by atoms with Crippen molar-refractivity contribution in [2.75, 3.05) is 33.2 Å². The summed E-state index contributed by atoms with van der Waals surface area (Å²) in [7, 11) is 1.77. The number of halogens is 1. The molecule has 0 spiro atoms. The van der Waals surface area contributed by atoms with Crippen LogP contribution in [0.4, 0.5) is 0 Å². The van der Waals surface area contributed by atoms with Crippen molar-refractivity contribution in [2.45, 2.75) is 33.0 Å². The molecule has 1 aromatic heterocycles. The molecule has 1 aliphatic heterocycles. The highest BCUT2D eigenvalue weighted by atomic mass is 35.5. The number of hydrogen-bond donors (Lipinski definition) is 2. The predicted molar refractivity (Wildman–Crippen MR) is 138 cm³/mol. The van der Waals surface area contributed by atoms with Gasteiger partial charge in [-0.25, -0.2) is 4.98 Å². The van der Waals surface area contributed by atoms with E-state index in [0.717, 1.165) is 42.9 Å². The SMILES string of the molecule is CC.CN=C/C=C\C1=CC(N2CCNCC2)c2ccc(Cl)cc2C(Cn2ccnc2CO)=C1. The molecule has 0 saturated carbocycles. The number of rotatable bonds is 6. The first-order valence-corrected chi connectivity index (χ1v) is 11.9. The standard InChI is InChI=1S/C24H28ClN5O.C2H6/c1-26-6-2-3-18-13-19(16-30-12-9-28-24(30)17-31)22-15-20(25)4-5-21(22)23(14-18)29-10-7-27-8-11-29;1-2/h2-6,9,12-15,23,27,31H,7-8,10-11,16-17H2,1H3;1-2H3/b3-2-,26-6?;. The van der Waals surface area contributed by atoms with Crippen molar-refractivity contribution in [2.24, 2.45) is 4.99 Å². The van der Waals surface area contributed by atoms with E-state index in [-0.39, 0.29) is 12.6 Å². The molecule has 2 aliphatic rings. The Kier molecular flexibility index (Phi) is 9.63. The minimum Gasteiger partial charge on any atom is -0.388 e. The fourth-order valence-corrected chi connectivity index (χ4v) is 4.39. The molecule has 0 bridgehead atoms. The summed E-state index contributed by atoms with van der Waals surface area (Å²) in [5, 5.41) is 13.8. The lowest BCUT2D eigenvalue weighted by atomic mass is 9.95. The number of allylic oxidation sites excluding steroid dienone is 5. The van der Waals surface area contributed by atoms with Gasteiger partial charge >= 0.3 is 0 Å². The van der Waals surface area contributed by atoms with Gasteiger partial charge in [-0.1, -0.05) is 43.7 Å². The molecule has 1 aliphatic carbocycles. The van der Waals surface area contributed by atoms with Crippen molar-refractivity contribution in [1.29, 1.82) is 0 Å². The summed E-state index contributed by atoms with van der Waals surface area (Å²) in [6.45, 7) is 8.45. The summed E-state index contributed by atoms with van der Waals surface area (Å²) < 4.78 is 1.98. The lowest BCUT2D eigenvalue weighted by molar-refractivity contribution is 0.203. The number of nitrogens with one attached hydrogen (secondary N) is 1. The highest BCUT2D eigenvalue weighted by Gasteiger charge is 2.26. The smallest absolute Gasteiger partial charge is 0.134 e. The zero-order valence-corrected chi connectivity index (χ0v) is 20.5. The van der Waals surface area contributed by atoms with Crippen molar-refractivity contribution in [3.8, 4) is 0 Å². The zero-order valence-electron chi connectivity index (χ0n) is 19.7. The van der Waals surface area contributed by atoms with E-state index in [1.807, 2.05) is 36.8 Å². The molecule has 1 fully saturated rings. The van der Waals surface area contributed by atoms with Crippen LogP contribution < -0.4 is 5.32 Å². The molecule has 2 N–H and O–H groups in total. The molecule has 0 radical (unpaired) electrons. The van der Waals surface area contributed by atoms with E-state index in [1.165, 1.54) is 5.56 Å². The first kappa shape index (κ1) is 25.1. The molecule has 1 unspecified atom stereocenters. The summed E-state index contributed by atoms with van der Waals surface area (Å²) in [6, 6.07) is 6.33. The van der Waals surface area contributed by atoms with Crippen LogP contribution in [0.5, 0.6) is 0 Å². The molecule has 1 aromatic carbocycles. The number of piperazine rings is 1. The monoisotopic (exact) mass is 467 g/mol. The van der Waals surface area contributed by atoms with Gasteiger partial charge in [-0.05, 0) is 46.6 Å². The molecular formula is C26H34ClN5O. The van der Waals surface area contributed by atoms with Crippen molar-refractivity contribution < 1.29 is 5.11 Å². The molecule has 176 valence electrons. The number of aromatic nitrogens is 2. The third kappa shape index (κ3) is 6.30. The van der Waals surface area contributed by atoms with Crippen LogP contribution in [0.1, 0.15) is 36.8 Å². The Labute approximate surface area is 202 Å². The van der Waals surface area contributed by atoms with Gasteiger partial charge in [0.05, 0.1) is 6.04 Å². The Balaban J connectivity index is 0.00000149. The fourth-order valence-electron chi connectivity index (χ4n) is 4.22. The molecule has 1 atom stereocenters. The summed E-state index contributed by atoms with van der Waals surface area (Å²) >= 11 is 6.45. The van der Waals surface area contributed by atoms with Crippen molar-refractivity contribution in [1.82, 2.24) is 19.8 Å². The van der Waals surface area contributed by atoms with Crippen LogP contribution in [0.2, 0.25) is 5.02 Å². The minimum absolute atomic E-state index is 0.0956. The van der Waals surface area contributed by atoms with E-state index in [2.05, 4.69) is 50.6 Å². The van der Waals surface area contributed by atoms with E-state index in [0.29, 0.717) is 17.4 Å². The molecular weight excluding hydrogens is 434 g/mol. The third-order valence-electron chi connectivity index (χ3n) is 5.72. The van der Waals surface area contributed by atoms with Gasteiger partial charge in [0, 0.05) is 63.4 Å². The number of hydrogen-bond acceptors (Lipinski definition) is 5. The summed E-state index contributed by atoms with van der Waals surface area (Å²) in [6.07, 6.45) is 14.0. The topological polar surface area (TPSA) is 65.7 Å². The average molecular weight is 468 g/mol. The Morgan fingerprint density at radius 1 is 1.27 bits per heavy atom. The quantitative estimate of drug-likeness (QED) is 0.622. The summed E-state index contributed by atoms with van der Waals surface area (Å²) in [4.78, 5) is 10.8. The largest absolute Gasteiger partial charge is 0.388 e. The van der Waals surface area contributed by atoms with E-state index in [1.54, 1.807) is 19.5 Å². The van der Waals surface area contributed by atoms with Gasteiger partial charge in [0.1, 0.15) is 12.4 Å². The van der Waals surface area contributed by atoms with Crippen LogP contribution in [-0.4, -0.2) is 59.0 Å². The van der Waals surface area contributed by atoms with E-state index in [4.69, 9.17) is 11.6 Å². The average Bonchev–Trinajstić information content (AvgIpc) is 3.25. The van der Waals surface area contributed by atoms with Crippen LogP contribution in [0.3, 0.4) is 0 Å². The Hall–Kier alpha value is -2.51. The highest BCUT2D eigenvalue weighted by Crippen LogP contribution is 2.37. The predicted octanol–water partition coefficient (Wildman–Crippen LogP) is 4.28. The van der Waals surface area contributed by atoms with E-state index >= 15 is 0 Å². The second kappa shape index (κ2) is 12.7. The van der Waals surface area contributed by atoms with Crippen LogP contribution in [-0.2, 0) is 13.2 Å². The fraction of sp³-hybridized carbons (Fsp3) is 0.385. The maximum atomic E-state index is 9.67. The number of benzene rings is 1. The number of imidazole rings is 1. The normalized spacial score (nSPS) is 19.0. The van der Waals surface area contributed by atoms with Crippen LogP contribution in [0.25, 0.3) is 5.57 Å². The van der Waals surface area contributed by atoms with Crippen LogP contribution in [0, 0.1) is 0 Å². The first-order chi connectivity index (χ1) is 16.2. The molecule has 0 amide bonds. The minimum atomic E-state index is -0.0956. The number of nitrogens with zero attached hydrogens (tertiary/aromatic N) is 4. The van der Waals surface area contributed by atoms with Gasteiger partial charge in [0.25, 0.3) is 0 Å². The first-order valence-electron chi connectivity index (χ1n) is 11.6. The van der Waals surface area contributed by atoms with Crippen molar-refractivity contribution in [3.63, 3.8) is 0 Å². The molecule has 1 saturated heterocycles. The molecule has 33 heavy (non-hydrogen) atoms. The Morgan fingerprint density at radius 2 is 2.06 bits per heavy atom. The lowest BCUT2D eigenvalue weighted by Gasteiger charge is -2.34. The van der Waals surface area contributed by atoms with Crippen LogP contribution in [0.15, 0.2) is 65.5 Å². The Morgan fingerprint density at radius 3 is 2.79 bits per heavy atom. The van der Waals surface area contributed by atoms with Crippen LogP contribution >= 0.6 is 11.6 Å². The van der Waals surface area contributed by atoms with Crippen molar-refractivity contribution >= 4 is 23.4 Å². The second-order valence-corrected chi connectivity index (χ2v) is 8.13. The number of aliphatic hydroxyl groups excluding tert-OH is 1. The third-order valence-corrected chi connectivity index (χ3v) is 5.96. The molecule has 7 heteroatoms. The lowest BCUT2D eigenvalue weighted by Crippen LogP contribution is -2.44. The summed E-state index contributed by atoms with van der Waals surface area (Å²) in [5.74, 6) is 0.645. The van der Waals surface area contributed by atoms with Gasteiger partial charge in [-0.15, -0.1) is 0 Å². The Bertz CT molecular complexity index is 1030. The van der Waals surface area contributed by atoms with Gasteiger partial charge in [0.15, 0.2) is 0 Å². The number of fused-ring (bicyclic) bond motifs is 1. The van der Waals surface area contributed by atoms with Gasteiger partial charge in [-0.3, -0.25) is 9.89 Å². The van der Waals surface area contributed by atoms with E-state index in [9.17, 15) is 5.11 Å². The van der Waals surface area contributed by atoms with E-state index < -0.39 is 0 Å². The number of aliphatic imine (C=N–C) groups is 1. The maximum Gasteiger partial charge on any atom is 0.134 e. The van der Waals surface area contributed by atoms with Gasteiger partial charge in [-0.2, -0.15) is 0 Å². The highest BCUT2D eigenvalue weighted by molar-refractivity contribution is 6.30. The second-order valence-electron chi connectivity index (χ2n) is 7.69. The van der Waals surface area contributed by atoms with Gasteiger partial charge in [0.2, 0.25) is 0 Å². The zero-order chi connectivity index (χ0) is 23.6. The molecule has 4 rings (SSSR count). The van der Waals surface area contributed by atoms with Gasteiger partial charge < -0.3 is 15.0 Å². The maximum absolute atomic E-state index is 9.67. The van der Waals surface area contributed by atoms with Crippen molar-refractivity contribution in [3.05, 3.63) is 82.4 Å². The molecule has 6 nitrogen and oxygen atoms in total. The summed E-state index contributed by atoms with van der Waals surface area (Å²) in [5.41, 5.74) is 4.64.